The van der Waals surface area contributed by atoms with Crippen LogP contribution in [0, 0.1) is 5.92 Å². The summed E-state index contributed by atoms with van der Waals surface area (Å²) < 4.78 is 0. The Balaban J connectivity index is 4.27. The van der Waals surface area contributed by atoms with Crippen molar-refractivity contribution in [3.63, 3.8) is 0 Å². The first-order valence-electron chi connectivity index (χ1n) is 5.84. The van der Waals surface area contributed by atoms with E-state index in [-0.39, 0.29) is 19.2 Å². The lowest BCUT2D eigenvalue weighted by atomic mass is 10.1. The third kappa shape index (κ3) is 6.78. The van der Waals surface area contributed by atoms with Crippen LogP contribution in [0.4, 0.5) is 4.79 Å². The highest BCUT2D eigenvalue weighted by atomic mass is 16.3. The maximum atomic E-state index is 11.8. The van der Waals surface area contributed by atoms with Crippen molar-refractivity contribution >= 4 is 11.9 Å². The number of nitrogens with one attached hydrogen (secondary N) is 1. The third-order valence-electron chi connectivity index (χ3n) is 2.40. The Morgan fingerprint density at radius 1 is 1.29 bits per heavy atom. The van der Waals surface area contributed by atoms with Crippen LogP contribution in [0.5, 0.6) is 0 Å². The van der Waals surface area contributed by atoms with Gasteiger partial charge in [-0.15, -0.1) is 0 Å². The molecule has 0 rings (SSSR count). The first-order chi connectivity index (χ1) is 7.88. The van der Waals surface area contributed by atoms with Gasteiger partial charge >= 0.3 is 6.03 Å². The Bertz CT molecular complexity index is 256. The number of aliphatic hydroxyl groups is 1. The van der Waals surface area contributed by atoms with Gasteiger partial charge in [0.25, 0.3) is 0 Å². The van der Waals surface area contributed by atoms with Crippen molar-refractivity contribution in [2.45, 2.75) is 33.2 Å². The topological polar surface area (TPSA) is 95.7 Å². The maximum Gasteiger partial charge on any atom is 0.318 e. The first-order valence-corrected chi connectivity index (χ1v) is 5.84. The fourth-order valence-corrected chi connectivity index (χ4v) is 1.20. The lowest BCUT2D eigenvalue weighted by molar-refractivity contribution is -0.119. The highest BCUT2D eigenvalue weighted by Gasteiger charge is 2.17. The number of nitrogens with zero attached hydrogens (tertiary/aromatic N) is 1. The molecule has 0 aromatic carbocycles. The molecule has 6 heteroatoms. The molecule has 6 nitrogen and oxygen atoms in total. The molecule has 1 unspecified atom stereocenters. The smallest absolute Gasteiger partial charge is 0.318 e. The van der Waals surface area contributed by atoms with Gasteiger partial charge < -0.3 is 21.1 Å². The lowest BCUT2D eigenvalue weighted by Crippen LogP contribution is -2.49. The number of amides is 3. The number of aliphatic hydroxyl groups excluding tert-OH is 1. The summed E-state index contributed by atoms with van der Waals surface area (Å²) in [5.74, 6) is -0.108. The van der Waals surface area contributed by atoms with Gasteiger partial charge in [-0.2, -0.15) is 0 Å². The van der Waals surface area contributed by atoms with Crippen LogP contribution in [0.3, 0.4) is 0 Å². The van der Waals surface area contributed by atoms with Crippen molar-refractivity contribution in [1.82, 2.24) is 10.2 Å². The Kier molecular flexibility index (Phi) is 7.29. The summed E-state index contributed by atoms with van der Waals surface area (Å²) >= 11 is 0. The van der Waals surface area contributed by atoms with Gasteiger partial charge in [-0.3, -0.25) is 4.79 Å². The van der Waals surface area contributed by atoms with Crippen molar-refractivity contribution in [2.75, 3.05) is 19.7 Å². The maximum absolute atomic E-state index is 11.8. The predicted octanol–water partition coefficient (Wildman–Crippen LogP) is -0.0898. The molecule has 1 atom stereocenters. The van der Waals surface area contributed by atoms with E-state index in [4.69, 9.17) is 10.8 Å². The molecule has 0 spiro atoms. The monoisotopic (exact) mass is 245 g/mol. The van der Waals surface area contributed by atoms with Gasteiger partial charge in [0, 0.05) is 13.1 Å². The van der Waals surface area contributed by atoms with Gasteiger partial charge in [0.2, 0.25) is 5.91 Å². The van der Waals surface area contributed by atoms with Gasteiger partial charge in [-0.05, 0) is 19.3 Å². The molecular weight excluding hydrogens is 222 g/mol. The highest BCUT2D eigenvalue weighted by Crippen LogP contribution is 2.02. The second-order valence-electron chi connectivity index (χ2n) is 4.47. The van der Waals surface area contributed by atoms with Gasteiger partial charge in [-0.1, -0.05) is 13.8 Å². The van der Waals surface area contributed by atoms with E-state index in [2.05, 4.69) is 19.2 Å². The molecule has 0 aromatic heterocycles. The molecule has 100 valence electrons. The summed E-state index contributed by atoms with van der Waals surface area (Å²) in [7, 11) is 0. The summed E-state index contributed by atoms with van der Waals surface area (Å²) in [5.41, 5.74) is 5.06. The molecule has 0 saturated heterocycles. The van der Waals surface area contributed by atoms with Crippen LogP contribution in [0.1, 0.15) is 27.2 Å². The third-order valence-corrected chi connectivity index (χ3v) is 2.40. The fraction of sp³-hybridized carbons (Fsp3) is 0.818. The zero-order chi connectivity index (χ0) is 13.4. The Labute approximate surface area is 102 Å². The van der Waals surface area contributed by atoms with Crippen LogP contribution in [0.15, 0.2) is 0 Å². The molecule has 0 bridgehead atoms. The van der Waals surface area contributed by atoms with E-state index in [1.807, 2.05) is 0 Å². The number of hydrogen-bond acceptors (Lipinski definition) is 3. The Morgan fingerprint density at radius 2 is 1.88 bits per heavy atom. The zero-order valence-electron chi connectivity index (χ0n) is 10.8. The standard InChI is InChI=1S/C11H23N3O3/c1-8(2)4-5-14(6-7-15)11(17)13-9(3)10(12)16/h8-9,15H,4-7H2,1-3H3,(H2,12,16)(H,13,17). The van der Waals surface area contributed by atoms with Crippen LogP contribution in [-0.2, 0) is 4.79 Å². The molecular formula is C11H23N3O3. The first kappa shape index (κ1) is 15.7. The quantitative estimate of drug-likeness (QED) is 0.585. The van der Waals surface area contributed by atoms with Crippen molar-refractivity contribution in [3.05, 3.63) is 0 Å². The van der Waals surface area contributed by atoms with E-state index >= 15 is 0 Å². The number of primary amides is 1. The normalized spacial score (nSPS) is 12.3. The number of nitrogens with two attached hydrogens (primary N) is 1. The molecule has 0 aliphatic carbocycles. The second-order valence-corrected chi connectivity index (χ2v) is 4.47. The summed E-state index contributed by atoms with van der Waals surface area (Å²) in [5, 5.41) is 11.4. The number of carbonyl (C=O) groups excluding carboxylic acids is 2. The molecule has 0 heterocycles. The minimum atomic E-state index is -0.706. The molecule has 0 aliphatic heterocycles. The summed E-state index contributed by atoms with van der Waals surface area (Å²) in [6.07, 6.45) is 0.846. The average molecular weight is 245 g/mol. The molecule has 0 fully saturated rings. The van der Waals surface area contributed by atoms with E-state index in [1.165, 1.54) is 11.8 Å². The lowest BCUT2D eigenvalue weighted by Gasteiger charge is -2.24. The van der Waals surface area contributed by atoms with Gasteiger partial charge in [0.05, 0.1) is 6.61 Å². The van der Waals surface area contributed by atoms with E-state index in [1.54, 1.807) is 0 Å². The van der Waals surface area contributed by atoms with Gasteiger partial charge in [-0.25, -0.2) is 4.79 Å². The summed E-state index contributed by atoms with van der Waals surface area (Å²) in [6, 6.07) is -1.08. The second kappa shape index (κ2) is 7.89. The molecule has 0 aromatic rings. The summed E-state index contributed by atoms with van der Waals surface area (Å²) in [6.45, 7) is 6.35. The van der Waals surface area contributed by atoms with Crippen LogP contribution >= 0.6 is 0 Å². The van der Waals surface area contributed by atoms with Crippen LogP contribution in [-0.4, -0.2) is 47.7 Å². The molecule has 17 heavy (non-hydrogen) atoms. The molecule has 0 saturated carbocycles. The molecule has 4 N–H and O–H groups in total. The van der Waals surface area contributed by atoms with Crippen LogP contribution in [0.2, 0.25) is 0 Å². The SMILES string of the molecule is CC(C)CCN(CCO)C(=O)NC(C)C(N)=O. The van der Waals surface area contributed by atoms with Crippen molar-refractivity contribution < 1.29 is 14.7 Å². The number of hydrogen-bond donors (Lipinski definition) is 3. The van der Waals surface area contributed by atoms with Crippen LogP contribution in [0.25, 0.3) is 0 Å². The van der Waals surface area contributed by atoms with E-state index < -0.39 is 11.9 Å². The fourth-order valence-electron chi connectivity index (χ4n) is 1.20. The van der Waals surface area contributed by atoms with E-state index in [0.717, 1.165) is 6.42 Å². The Morgan fingerprint density at radius 3 is 2.29 bits per heavy atom. The molecule has 3 amide bonds. The van der Waals surface area contributed by atoms with E-state index in [9.17, 15) is 9.59 Å². The zero-order valence-corrected chi connectivity index (χ0v) is 10.8. The van der Waals surface area contributed by atoms with Crippen molar-refractivity contribution in [3.8, 4) is 0 Å². The number of urea groups is 1. The Hall–Kier alpha value is -1.30. The largest absolute Gasteiger partial charge is 0.395 e. The predicted molar refractivity (Wildman–Crippen MR) is 65.3 cm³/mol. The number of carbonyl (C=O) groups is 2. The van der Waals surface area contributed by atoms with Crippen LogP contribution < -0.4 is 11.1 Å². The number of rotatable bonds is 7. The highest BCUT2D eigenvalue weighted by molar-refractivity contribution is 5.85. The molecule has 0 radical (unpaired) electrons. The van der Waals surface area contributed by atoms with Gasteiger partial charge in [0.1, 0.15) is 6.04 Å². The minimum Gasteiger partial charge on any atom is -0.395 e. The van der Waals surface area contributed by atoms with E-state index in [0.29, 0.717) is 12.5 Å². The van der Waals surface area contributed by atoms with Crippen molar-refractivity contribution in [2.24, 2.45) is 11.7 Å². The summed E-state index contributed by atoms with van der Waals surface area (Å²) in [4.78, 5) is 24.1. The average Bonchev–Trinajstić information content (AvgIpc) is 2.23. The van der Waals surface area contributed by atoms with Crippen molar-refractivity contribution in [1.29, 1.82) is 0 Å². The van der Waals surface area contributed by atoms with Gasteiger partial charge in [0.15, 0.2) is 0 Å². The molecule has 0 aliphatic rings. The minimum absolute atomic E-state index is 0.101.